The minimum absolute atomic E-state index is 0.0572. The average molecular weight is 319 g/mol. The monoisotopic (exact) mass is 319 g/mol. The summed E-state index contributed by atoms with van der Waals surface area (Å²) in [6.45, 7) is 7.42. The summed E-state index contributed by atoms with van der Waals surface area (Å²) in [5, 5.41) is 20.2. The van der Waals surface area contributed by atoms with Crippen LogP contribution in [0.4, 0.5) is 0 Å². The number of nitrogens with one attached hydrogen (secondary N) is 1. The van der Waals surface area contributed by atoms with Crippen LogP contribution in [0.25, 0.3) is 4.96 Å². The molecule has 0 fully saturated rings. The van der Waals surface area contributed by atoms with E-state index in [2.05, 4.69) is 47.7 Å². The predicted octanol–water partition coefficient (Wildman–Crippen LogP) is 2.78. The molecule has 0 aliphatic carbocycles. The number of hydrogen-bond acceptors (Lipinski definition) is 6. The van der Waals surface area contributed by atoms with Gasteiger partial charge in [-0.2, -0.15) is 9.61 Å². The second-order valence-electron chi connectivity index (χ2n) is 6.34. The Bertz CT molecular complexity index is 792. The Morgan fingerprint density at radius 2 is 2.19 bits per heavy atom. The molecule has 5 nitrogen and oxygen atoms in total. The molecule has 0 aromatic carbocycles. The van der Waals surface area contributed by atoms with Gasteiger partial charge in [0.05, 0.1) is 6.04 Å². The van der Waals surface area contributed by atoms with Gasteiger partial charge >= 0.3 is 0 Å². The first-order valence-corrected chi connectivity index (χ1v) is 8.76. The topological polar surface area (TPSA) is 55.1 Å². The van der Waals surface area contributed by atoms with Crippen molar-refractivity contribution in [3.8, 4) is 0 Å². The Kier molecular flexibility index (Phi) is 2.92. The SMILES string of the molecule is CC(C)(C)c1nnc2sc(C3NCCc4sccc43)nn12. The highest BCUT2D eigenvalue weighted by molar-refractivity contribution is 7.16. The summed E-state index contributed by atoms with van der Waals surface area (Å²) < 4.78 is 1.91. The van der Waals surface area contributed by atoms with Crippen molar-refractivity contribution < 1.29 is 0 Å². The molecule has 4 heterocycles. The molecule has 0 bridgehead atoms. The molecule has 110 valence electrons. The van der Waals surface area contributed by atoms with E-state index in [1.54, 1.807) is 11.3 Å². The van der Waals surface area contributed by atoms with Crippen LogP contribution in [0, 0.1) is 0 Å². The van der Waals surface area contributed by atoms with E-state index in [1.165, 1.54) is 10.4 Å². The Balaban J connectivity index is 1.81. The molecule has 4 rings (SSSR count). The lowest BCUT2D eigenvalue weighted by molar-refractivity contribution is 0.519. The van der Waals surface area contributed by atoms with Crippen molar-refractivity contribution in [3.63, 3.8) is 0 Å². The molecular weight excluding hydrogens is 302 g/mol. The van der Waals surface area contributed by atoms with Crippen LogP contribution in [0.2, 0.25) is 0 Å². The highest BCUT2D eigenvalue weighted by Gasteiger charge is 2.28. The zero-order chi connectivity index (χ0) is 14.6. The second-order valence-corrected chi connectivity index (χ2v) is 8.33. The maximum atomic E-state index is 4.79. The van der Waals surface area contributed by atoms with E-state index in [0.29, 0.717) is 0 Å². The lowest BCUT2D eigenvalue weighted by Crippen LogP contribution is -2.29. The number of hydrogen-bond donors (Lipinski definition) is 1. The van der Waals surface area contributed by atoms with Gasteiger partial charge in [0.15, 0.2) is 5.82 Å². The summed E-state index contributed by atoms with van der Waals surface area (Å²) in [5.74, 6) is 0.918. The van der Waals surface area contributed by atoms with E-state index in [-0.39, 0.29) is 11.5 Å². The van der Waals surface area contributed by atoms with Crippen molar-refractivity contribution in [2.24, 2.45) is 0 Å². The molecule has 7 heteroatoms. The molecule has 0 spiro atoms. The van der Waals surface area contributed by atoms with Gasteiger partial charge in [0, 0.05) is 16.8 Å². The Labute approximate surface area is 131 Å². The van der Waals surface area contributed by atoms with Crippen molar-refractivity contribution in [2.45, 2.75) is 38.6 Å². The normalized spacial score (nSPS) is 19.1. The molecular formula is C14H17N5S2. The fourth-order valence-corrected chi connectivity index (χ4v) is 4.54. The van der Waals surface area contributed by atoms with Crippen molar-refractivity contribution >= 4 is 27.6 Å². The Hall–Kier alpha value is -1.31. The molecule has 3 aromatic heterocycles. The molecule has 0 amide bonds. The van der Waals surface area contributed by atoms with Crippen LogP contribution in [-0.2, 0) is 11.8 Å². The molecule has 1 atom stereocenters. The molecule has 3 aromatic rings. The van der Waals surface area contributed by atoms with Gasteiger partial charge < -0.3 is 5.32 Å². The van der Waals surface area contributed by atoms with Crippen LogP contribution < -0.4 is 5.32 Å². The highest BCUT2D eigenvalue weighted by atomic mass is 32.1. The van der Waals surface area contributed by atoms with Crippen molar-refractivity contribution in [3.05, 3.63) is 32.7 Å². The average Bonchev–Trinajstić information content (AvgIpc) is 3.10. The summed E-state index contributed by atoms with van der Waals surface area (Å²) in [6.07, 6.45) is 1.11. The summed E-state index contributed by atoms with van der Waals surface area (Å²) in [4.78, 5) is 2.35. The second kappa shape index (κ2) is 4.59. The van der Waals surface area contributed by atoms with E-state index >= 15 is 0 Å². The van der Waals surface area contributed by atoms with Crippen LogP contribution in [-0.4, -0.2) is 26.4 Å². The molecule has 0 radical (unpaired) electrons. The summed E-state index contributed by atoms with van der Waals surface area (Å²) in [7, 11) is 0. The third kappa shape index (κ3) is 2.11. The molecule has 0 saturated carbocycles. The van der Waals surface area contributed by atoms with Gasteiger partial charge in [-0.3, -0.25) is 0 Å². The minimum Gasteiger partial charge on any atom is -0.304 e. The smallest absolute Gasteiger partial charge is 0.234 e. The number of nitrogens with zero attached hydrogens (tertiary/aromatic N) is 4. The maximum Gasteiger partial charge on any atom is 0.234 e. The minimum atomic E-state index is -0.0572. The van der Waals surface area contributed by atoms with E-state index < -0.39 is 0 Å². The van der Waals surface area contributed by atoms with Crippen LogP contribution in [0.3, 0.4) is 0 Å². The standard InChI is InChI=1S/C14H17N5S2/c1-14(2,3)12-16-17-13-19(12)18-11(21-13)10-8-5-7-20-9(8)4-6-15-10/h5,7,10,15H,4,6H2,1-3H3. The van der Waals surface area contributed by atoms with Gasteiger partial charge in [-0.1, -0.05) is 32.1 Å². The van der Waals surface area contributed by atoms with E-state index in [4.69, 9.17) is 5.10 Å². The first kappa shape index (κ1) is 13.4. The zero-order valence-corrected chi connectivity index (χ0v) is 13.9. The zero-order valence-electron chi connectivity index (χ0n) is 12.3. The van der Waals surface area contributed by atoms with Gasteiger partial charge in [-0.15, -0.1) is 21.5 Å². The van der Waals surface area contributed by atoms with Crippen molar-refractivity contribution in [1.82, 2.24) is 25.1 Å². The third-order valence-electron chi connectivity index (χ3n) is 3.72. The van der Waals surface area contributed by atoms with Crippen LogP contribution in [0.5, 0.6) is 0 Å². The number of thiophene rings is 1. The van der Waals surface area contributed by atoms with Crippen molar-refractivity contribution in [1.29, 1.82) is 0 Å². The van der Waals surface area contributed by atoms with Gasteiger partial charge in [0.1, 0.15) is 5.01 Å². The first-order chi connectivity index (χ1) is 10.0. The highest BCUT2D eigenvalue weighted by Crippen LogP contribution is 2.34. The Morgan fingerprint density at radius 1 is 1.33 bits per heavy atom. The third-order valence-corrected chi connectivity index (χ3v) is 5.68. The molecule has 1 aliphatic heterocycles. The van der Waals surface area contributed by atoms with Gasteiger partial charge in [-0.05, 0) is 23.4 Å². The summed E-state index contributed by atoms with van der Waals surface area (Å²) in [5.41, 5.74) is 1.31. The van der Waals surface area contributed by atoms with Gasteiger partial charge in [0.2, 0.25) is 4.96 Å². The molecule has 1 aliphatic rings. The van der Waals surface area contributed by atoms with Crippen LogP contribution >= 0.6 is 22.7 Å². The quantitative estimate of drug-likeness (QED) is 0.749. The van der Waals surface area contributed by atoms with Gasteiger partial charge in [0.25, 0.3) is 0 Å². The maximum absolute atomic E-state index is 4.79. The predicted molar refractivity (Wildman–Crippen MR) is 85.2 cm³/mol. The number of fused-ring (bicyclic) bond motifs is 2. The van der Waals surface area contributed by atoms with Crippen LogP contribution in [0.1, 0.15) is 48.1 Å². The molecule has 0 saturated heterocycles. The molecule has 21 heavy (non-hydrogen) atoms. The lowest BCUT2D eigenvalue weighted by Gasteiger charge is -2.22. The van der Waals surface area contributed by atoms with Crippen LogP contribution in [0.15, 0.2) is 11.4 Å². The summed E-state index contributed by atoms with van der Waals surface area (Å²) >= 11 is 3.47. The fourth-order valence-electron chi connectivity index (χ4n) is 2.69. The fraction of sp³-hybridized carbons (Fsp3) is 0.500. The first-order valence-electron chi connectivity index (χ1n) is 7.06. The van der Waals surface area contributed by atoms with Crippen molar-refractivity contribution in [2.75, 3.05) is 6.54 Å². The van der Waals surface area contributed by atoms with E-state index in [0.717, 1.165) is 28.8 Å². The Morgan fingerprint density at radius 3 is 3.00 bits per heavy atom. The van der Waals surface area contributed by atoms with E-state index in [9.17, 15) is 0 Å². The lowest BCUT2D eigenvalue weighted by atomic mass is 9.96. The molecule has 1 N–H and O–H groups in total. The van der Waals surface area contributed by atoms with Gasteiger partial charge in [-0.25, -0.2) is 0 Å². The summed E-state index contributed by atoms with van der Waals surface area (Å²) in [6, 6.07) is 2.41. The molecule has 1 unspecified atom stereocenters. The number of aromatic nitrogens is 4. The number of rotatable bonds is 1. The largest absolute Gasteiger partial charge is 0.304 e. The van der Waals surface area contributed by atoms with E-state index in [1.807, 2.05) is 15.9 Å².